The summed E-state index contributed by atoms with van der Waals surface area (Å²) >= 11 is 0. The molecule has 41 heavy (non-hydrogen) atoms. The van der Waals surface area contributed by atoms with Gasteiger partial charge in [0.15, 0.2) is 0 Å². The van der Waals surface area contributed by atoms with Crippen molar-refractivity contribution in [2.24, 2.45) is 0 Å². The molecular weight excluding hydrogens is 519 g/mol. The molecule has 0 fully saturated rings. The predicted octanol–water partition coefficient (Wildman–Crippen LogP) is 6.50. The molecule has 0 aliphatic heterocycles. The normalized spacial score (nSPS) is 11.8. The molecule has 212 valence electrons. The molecule has 0 unspecified atom stereocenters. The van der Waals surface area contributed by atoms with Crippen LogP contribution in [0.3, 0.4) is 0 Å². The summed E-state index contributed by atoms with van der Waals surface area (Å²) in [6.45, 7) is 8.75. The van der Waals surface area contributed by atoms with Gasteiger partial charge in [-0.2, -0.15) is 10.2 Å². The summed E-state index contributed by atoms with van der Waals surface area (Å²) in [5, 5.41) is 19.2. The third-order valence-corrected chi connectivity index (χ3v) is 7.06. The molecule has 2 aromatic heterocycles. The maximum atomic E-state index is 14.2. The second kappa shape index (κ2) is 11.7. The average molecular weight is 555 g/mol. The van der Waals surface area contributed by atoms with E-state index in [2.05, 4.69) is 25.9 Å². The van der Waals surface area contributed by atoms with Crippen molar-refractivity contribution in [2.75, 3.05) is 6.61 Å². The van der Waals surface area contributed by atoms with Gasteiger partial charge in [-0.1, -0.05) is 38.5 Å². The molecule has 1 N–H and O–H groups in total. The summed E-state index contributed by atoms with van der Waals surface area (Å²) < 4.78 is 24.0. The molecule has 0 saturated heterocycles. The molecule has 0 amide bonds. The first-order valence-corrected chi connectivity index (χ1v) is 13.8. The van der Waals surface area contributed by atoms with Gasteiger partial charge in [0.05, 0.1) is 41.9 Å². The highest BCUT2D eigenvalue weighted by atomic mass is 19.1. The highest BCUT2D eigenvalue weighted by molar-refractivity contribution is 5.81. The van der Waals surface area contributed by atoms with E-state index >= 15 is 0 Å². The number of fused-ring (bicyclic) bond motifs is 1. The molecule has 8 heteroatoms. The Kier molecular flexibility index (Phi) is 8.03. The Bertz CT molecular complexity index is 1680. The van der Waals surface area contributed by atoms with E-state index in [-0.39, 0.29) is 36.5 Å². The molecule has 3 aromatic carbocycles. The lowest BCUT2D eigenvalue weighted by Crippen LogP contribution is -2.12. The lowest BCUT2D eigenvalue weighted by atomic mass is 9.92. The van der Waals surface area contributed by atoms with Crippen molar-refractivity contribution in [3.05, 3.63) is 101 Å². The molecule has 0 radical (unpaired) electrons. The Morgan fingerprint density at radius 1 is 1.02 bits per heavy atom. The predicted molar refractivity (Wildman–Crippen MR) is 157 cm³/mol. The number of halogens is 1. The standard InChI is InChI=1S/C33H35FN4O3/c1-22-5-9-26(10-6-22)38-27(20-32(36-38)33(2,3)4)19-28(40)11-7-23-17-25(34)8-14-31(23)41-29-12-13-30-24(18-29)21-35-37(30)15-16-39/h5-6,8-10,12-14,17-18,20-21,39H,7,11,15-16,19H2,1-4H3. The van der Waals surface area contributed by atoms with E-state index < -0.39 is 0 Å². The van der Waals surface area contributed by atoms with Crippen molar-refractivity contribution in [1.82, 2.24) is 19.6 Å². The van der Waals surface area contributed by atoms with Crippen LogP contribution >= 0.6 is 0 Å². The zero-order valence-electron chi connectivity index (χ0n) is 23.9. The molecule has 0 saturated carbocycles. The quantitative estimate of drug-likeness (QED) is 0.213. The molecule has 5 aromatic rings. The van der Waals surface area contributed by atoms with Crippen LogP contribution in [0.2, 0.25) is 0 Å². The van der Waals surface area contributed by atoms with E-state index in [4.69, 9.17) is 9.84 Å². The first-order valence-electron chi connectivity index (χ1n) is 13.8. The second-order valence-corrected chi connectivity index (χ2v) is 11.4. The zero-order chi connectivity index (χ0) is 29.1. The molecule has 2 heterocycles. The lowest BCUT2D eigenvalue weighted by molar-refractivity contribution is -0.118. The first kappa shape index (κ1) is 28.2. The SMILES string of the molecule is Cc1ccc(-n2nc(C(C)(C)C)cc2CC(=O)CCc2cc(F)ccc2Oc2ccc3c(cnn3CCO)c2)cc1. The molecule has 7 nitrogen and oxygen atoms in total. The van der Waals surface area contributed by atoms with Crippen LogP contribution in [-0.4, -0.2) is 37.1 Å². The number of aryl methyl sites for hydroxylation is 2. The van der Waals surface area contributed by atoms with E-state index in [1.165, 1.54) is 12.1 Å². The van der Waals surface area contributed by atoms with Gasteiger partial charge in [0.1, 0.15) is 23.1 Å². The fourth-order valence-corrected chi connectivity index (χ4v) is 4.76. The molecular formula is C33H35FN4O3. The van der Waals surface area contributed by atoms with Gasteiger partial charge in [-0.05, 0) is 73.5 Å². The molecule has 0 aliphatic rings. The van der Waals surface area contributed by atoms with Crippen molar-refractivity contribution in [3.63, 3.8) is 0 Å². The Morgan fingerprint density at radius 3 is 2.54 bits per heavy atom. The lowest BCUT2D eigenvalue weighted by Gasteiger charge is -2.14. The van der Waals surface area contributed by atoms with Gasteiger partial charge >= 0.3 is 0 Å². The maximum absolute atomic E-state index is 14.2. The van der Waals surface area contributed by atoms with Crippen molar-refractivity contribution in [2.45, 2.75) is 58.9 Å². The Hall–Kier alpha value is -4.30. The molecule has 0 aliphatic carbocycles. The largest absolute Gasteiger partial charge is 0.457 e. The third kappa shape index (κ3) is 6.55. The highest BCUT2D eigenvalue weighted by Gasteiger charge is 2.22. The summed E-state index contributed by atoms with van der Waals surface area (Å²) in [5.74, 6) is 0.734. The van der Waals surface area contributed by atoms with E-state index in [1.807, 2.05) is 60.1 Å². The van der Waals surface area contributed by atoms with Gasteiger partial charge in [-0.3, -0.25) is 9.48 Å². The van der Waals surface area contributed by atoms with Crippen LogP contribution in [0.4, 0.5) is 4.39 Å². The minimum Gasteiger partial charge on any atom is -0.457 e. The Labute approximate surface area is 239 Å². The number of aliphatic hydroxyl groups is 1. The number of nitrogens with zero attached hydrogens (tertiary/aromatic N) is 4. The van der Waals surface area contributed by atoms with Gasteiger partial charge in [0.2, 0.25) is 0 Å². The van der Waals surface area contributed by atoms with Crippen molar-refractivity contribution >= 4 is 16.7 Å². The van der Waals surface area contributed by atoms with Crippen molar-refractivity contribution < 1.29 is 19.0 Å². The van der Waals surface area contributed by atoms with E-state index in [1.54, 1.807) is 16.9 Å². The van der Waals surface area contributed by atoms with Crippen LogP contribution in [0, 0.1) is 12.7 Å². The number of aromatic nitrogens is 4. The zero-order valence-corrected chi connectivity index (χ0v) is 23.9. The van der Waals surface area contributed by atoms with E-state index in [0.717, 1.165) is 33.5 Å². The van der Waals surface area contributed by atoms with Gasteiger partial charge in [0, 0.05) is 23.6 Å². The number of carbonyl (C=O) groups is 1. The van der Waals surface area contributed by atoms with E-state index in [0.29, 0.717) is 30.0 Å². The number of carbonyl (C=O) groups excluding carboxylic acids is 1. The minimum atomic E-state index is -0.382. The van der Waals surface area contributed by atoms with Crippen molar-refractivity contribution in [3.8, 4) is 17.2 Å². The molecule has 0 spiro atoms. The summed E-state index contributed by atoms with van der Waals surface area (Å²) in [6, 6.07) is 20.0. The van der Waals surface area contributed by atoms with Gasteiger partial charge < -0.3 is 9.84 Å². The van der Waals surface area contributed by atoms with Crippen LogP contribution < -0.4 is 4.74 Å². The van der Waals surface area contributed by atoms with Crippen LogP contribution in [0.1, 0.15) is 49.7 Å². The topological polar surface area (TPSA) is 82.2 Å². The fourth-order valence-electron chi connectivity index (χ4n) is 4.76. The second-order valence-electron chi connectivity index (χ2n) is 11.4. The number of Topliss-reactive ketones (excluding diaryl/α,β-unsaturated/α-hetero) is 1. The summed E-state index contributed by atoms with van der Waals surface area (Å²) in [5.41, 5.74) is 5.15. The van der Waals surface area contributed by atoms with Crippen LogP contribution in [0.25, 0.3) is 16.6 Å². The van der Waals surface area contributed by atoms with Gasteiger partial charge in [-0.25, -0.2) is 9.07 Å². The highest BCUT2D eigenvalue weighted by Crippen LogP contribution is 2.30. The number of rotatable bonds is 10. The molecule has 0 atom stereocenters. The fraction of sp³-hybridized carbons (Fsp3) is 0.303. The Morgan fingerprint density at radius 2 is 1.80 bits per heavy atom. The number of ketones is 1. The van der Waals surface area contributed by atoms with Gasteiger partial charge in [-0.15, -0.1) is 0 Å². The number of benzene rings is 3. The molecule has 5 rings (SSSR count). The minimum absolute atomic E-state index is 0.00125. The number of ether oxygens (including phenoxy) is 1. The number of hydrogen-bond donors (Lipinski definition) is 1. The summed E-state index contributed by atoms with van der Waals surface area (Å²) in [4.78, 5) is 13.2. The monoisotopic (exact) mass is 554 g/mol. The van der Waals surface area contributed by atoms with Crippen molar-refractivity contribution in [1.29, 1.82) is 0 Å². The summed E-state index contributed by atoms with van der Waals surface area (Å²) in [6.07, 6.45) is 2.51. The Balaban J connectivity index is 1.32. The smallest absolute Gasteiger partial charge is 0.139 e. The van der Waals surface area contributed by atoms with E-state index in [9.17, 15) is 14.3 Å². The van der Waals surface area contributed by atoms with Gasteiger partial charge in [0.25, 0.3) is 0 Å². The first-order chi connectivity index (χ1) is 19.6. The molecule has 0 bridgehead atoms. The van der Waals surface area contributed by atoms with Crippen LogP contribution in [-0.2, 0) is 29.6 Å². The van der Waals surface area contributed by atoms with Crippen LogP contribution in [0.15, 0.2) is 72.9 Å². The number of aliphatic hydroxyl groups excluding tert-OH is 1. The average Bonchev–Trinajstić information content (AvgIpc) is 3.54. The van der Waals surface area contributed by atoms with Crippen LogP contribution in [0.5, 0.6) is 11.5 Å². The number of hydrogen-bond acceptors (Lipinski definition) is 5. The maximum Gasteiger partial charge on any atom is 0.139 e. The summed E-state index contributed by atoms with van der Waals surface area (Å²) in [7, 11) is 0. The third-order valence-electron chi connectivity index (χ3n) is 7.06.